The minimum Gasteiger partial charge on any atom is -0.360 e. The van der Waals surface area contributed by atoms with Crippen LogP contribution in [0.5, 0.6) is 0 Å². The van der Waals surface area contributed by atoms with E-state index < -0.39 is 0 Å². The summed E-state index contributed by atoms with van der Waals surface area (Å²) >= 11 is 1.40. The zero-order valence-corrected chi connectivity index (χ0v) is 6.65. The van der Waals surface area contributed by atoms with Crippen LogP contribution in [0.1, 0.15) is 6.42 Å². The molecule has 58 valence electrons. The van der Waals surface area contributed by atoms with E-state index in [1.807, 2.05) is 12.2 Å². The number of ketones is 1. The van der Waals surface area contributed by atoms with Gasteiger partial charge in [-0.1, -0.05) is 17.8 Å². The van der Waals surface area contributed by atoms with E-state index in [0.717, 1.165) is 10.6 Å². The van der Waals surface area contributed by atoms with Crippen molar-refractivity contribution in [2.45, 2.75) is 11.9 Å². The van der Waals surface area contributed by atoms with E-state index in [4.69, 9.17) is 5.73 Å². The lowest BCUT2D eigenvalue weighted by Crippen LogP contribution is -2.28. The predicted molar refractivity (Wildman–Crippen MR) is 44.5 cm³/mol. The summed E-state index contributed by atoms with van der Waals surface area (Å²) in [5.41, 5.74) is 6.32. The number of nitrogens with two attached hydrogens (primary N) is 1. The minimum absolute atomic E-state index is 0.147. The van der Waals surface area contributed by atoms with Crippen molar-refractivity contribution in [3.8, 4) is 0 Å². The van der Waals surface area contributed by atoms with Crippen molar-refractivity contribution in [1.82, 2.24) is 5.32 Å². The first kappa shape index (κ1) is 6.94. The highest BCUT2D eigenvalue weighted by Gasteiger charge is 2.26. The summed E-state index contributed by atoms with van der Waals surface area (Å²) in [6.07, 6.45) is 4.28. The average molecular weight is 168 g/mol. The van der Waals surface area contributed by atoms with Gasteiger partial charge in [0.1, 0.15) is 5.50 Å². The van der Waals surface area contributed by atoms with Crippen LogP contribution in [0.4, 0.5) is 0 Å². The van der Waals surface area contributed by atoms with Crippen LogP contribution in [-0.2, 0) is 4.79 Å². The van der Waals surface area contributed by atoms with Crippen LogP contribution in [0.25, 0.3) is 0 Å². The lowest BCUT2D eigenvalue weighted by molar-refractivity contribution is -0.114. The Morgan fingerprint density at radius 2 is 2.55 bits per heavy atom. The molecule has 2 rings (SSSR count). The summed E-state index contributed by atoms with van der Waals surface area (Å²) in [4.78, 5) is 12.0. The van der Waals surface area contributed by atoms with Crippen molar-refractivity contribution in [2.24, 2.45) is 5.73 Å². The number of nitrogens with one attached hydrogen (secondary N) is 1. The van der Waals surface area contributed by atoms with Gasteiger partial charge in [-0.2, -0.15) is 0 Å². The molecular formula is C7H8N2OS. The standard InChI is InChI=1S/C7H8N2OS/c8-7-9-4-2-1-3-5(10)6(4)11-7/h1-2,7,9H,3,8H2. The minimum atomic E-state index is -0.147. The Morgan fingerprint density at radius 3 is 3.27 bits per heavy atom. The van der Waals surface area contributed by atoms with Crippen molar-refractivity contribution in [2.75, 3.05) is 0 Å². The Bertz CT molecular complexity index is 270. The fourth-order valence-electron chi connectivity index (χ4n) is 1.15. The smallest absolute Gasteiger partial charge is 0.175 e. The van der Waals surface area contributed by atoms with Crippen LogP contribution in [0.2, 0.25) is 0 Å². The number of allylic oxidation sites excluding steroid dienone is 3. The number of carbonyl (C=O) groups excluding carboxylic acids is 1. The second kappa shape index (κ2) is 2.39. The number of rotatable bonds is 0. The molecule has 4 heteroatoms. The van der Waals surface area contributed by atoms with Crippen molar-refractivity contribution in [1.29, 1.82) is 0 Å². The van der Waals surface area contributed by atoms with Gasteiger partial charge in [0.25, 0.3) is 0 Å². The molecule has 0 saturated heterocycles. The highest BCUT2D eigenvalue weighted by Crippen LogP contribution is 2.32. The second-order valence-electron chi connectivity index (χ2n) is 2.46. The van der Waals surface area contributed by atoms with Gasteiger partial charge in [-0.15, -0.1) is 0 Å². The Labute approximate surface area is 68.7 Å². The highest BCUT2D eigenvalue weighted by molar-refractivity contribution is 8.04. The largest absolute Gasteiger partial charge is 0.360 e. The third-order valence-electron chi connectivity index (χ3n) is 1.63. The zero-order valence-electron chi connectivity index (χ0n) is 5.83. The van der Waals surface area contributed by atoms with Gasteiger partial charge in [-0.25, -0.2) is 0 Å². The first-order chi connectivity index (χ1) is 5.27. The number of hydrogen-bond donors (Lipinski definition) is 2. The highest BCUT2D eigenvalue weighted by atomic mass is 32.2. The zero-order chi connectivity index (χ0) is 7.84. The summed E-state index contributed by atoms with van der Waals surface area (Å²) in [5, 5.41) is 3.00. The molecule has 1 aliphatic heterocycles. The molecular weight excluding hydrogens is 160 g/mol. The summed E-state index contributed by atoms with van der Waals surface area (Å²) in [6, 6.07) is 0. The first-order valence-electron chi connectivity index (χ1n) is 3.40. The Hall–Kier alpha value is -0.740. The molecule has 0 aromatic heterocycles. The van der Waals surface area contributed by atoms with E-state index in [1.54, 1.807) is 0 Å². The fraction of sp³-hybridized carbons (Fsp3) is 0.286. The lowest BCUT2D eigenvalue weighted by Gasteiger charge is -2.03. The van der Waals surface area contributed by atoms with Crippen LogP contribution >= 0.6 is 11.8 Å². The maximum Gasteiger partial charge on any atom is 0.175 e. The molecule has 1 atom stereocenters. The molecule has 1 heterocycles. The Balaban J connectivity index is 2.32. The molecule has 0 bridgehead atoms. The summed E-state index contributed by atoms with van der Waals surface area (Å²) in [6.45, 7) is 0. The third-order valence-corrected chi connectivity index (χ3v) is 2.68. The molecule has 0 fully saturated rings. The maximum absolute atomic E-state index is 11.2. The summed E-state index contributed by atoms with van der Waals surface area (Å²) < 4.78 is 0. The average Bonchev–Trinajstić information content (AvgIpc) is 2.31. The molecule has 0 radical (unpaired) electrons. The van der Waals surface area contributed by atoms with Crippen molar-refractivity contribution in [3.05, 3.63) is 22.8 Å². The quantitative estimate of drug-likeness (QED) is 0.546. The van der Waals surface area contributed by atoms with Crippen LogP contribution < -0.4 is 11.1 Å². The van der Waals surface area contributed by atoms with E-state index in [2.05, 4.69) is 5.32 Å². The predicted octanol–water partition coefficient (Wildman–Crippen LogP) is 0.306. The van der Waals surface area contributed by atoms with E-state index in [0.29, 0.717) is 6.42 Å². The third kappa shape index (κ3) is 1.08. The molecule has 1 aliphatic carbocycles. The topological polar surface area (TPSA) is 55.1 Å². The molecule has 11 heavy (non-hydrogen) atoms. The van der Waals surface area contributed by atoms with Crippen LogP contribution in [0.3, 0.4) is 0 Å². The van der Waals surface area contributed by atoms with Crippen molar-refractivity contribution < 1.29 is 4.79 Å². The summed E-state index contributed by atoms with van der Waals surface area (Å²) in [5.74, 6) is 0.174. The number of thioether (sulfide) groups is 1. The molecule has 0 aromatic rings. The summed E-state index contributed by atoms with van der Waals surface area (Å²) in [7, 11) is 0. The number of carbonyl (C=O) groups is 1. The molecule has 0 amide bonds. The number of Topliss-reactive ketones (excluding diaryl/α,β-unsaturated/α-hetero) is 1. The molecule has 3 N–H and O–H groups in total. The van der Waals surface area contributed by atoms with Crippen molar-refractivity contribution in [3.63, 3.8) is 0 Å². The molecule has 2 aliphatic rings. The molecule has 0 spiro atoms. The fourth-order valence-corrected chi connectivity index (χ4v) is 2.06. The van der Waals surface area contributed by atoms with Crippen LogP contribution in [-0.4, -0.2) is 11.3 Å². The Kier molecular flexibility index (Phi) is 1.51. The second-order valence-corrected chi connectivity index (χ2v) is 3.61. The SMILES string of the molecule is NC1NC2=C(S1)C(=O)CC=C2. The lowest BCUT2D eigenvalue weighted by atomic mass is 10.1. The Morgan fingerprint density at radius 1 is 1.73 bits per heavy atom. The van der Waals surface area contributed by atoms with Gasteiger partial charge >= 0.3 is 0 Å². The first-order valence-corrected chi connectivity index (χ1v) is 4.28. The molecule has 3 nitrogen and oxygen atoms in total. The van der Waals surface area contributed by atoms with E-state index in [-0.39, 0.29) is 11.3 Å². The van der Waals surface area contributed by atoms with Gasteiger partial charge in [0.05, 0.1) is 10.6 Å². The van der Waals surface area contributed by atoms with Crippen molar-refractivity contribution >= 4 is 17.5 Å². The van der Waals surface area contributed by atoms with Crippen LogP contribution in [0.15, 0.2) is 22.8 Å². The van der Waals surface area contributed by atoms with Gasteiger partial charge < -0.3 is 11.1 Å². The van der Waals surface area contributed by atoms with Gasteiger partial charge in [-0.05, 0) is 6.08 Å². The number of hydrogen-bond acceptors (Lipinski definition) is 4. The molecule has 0 saturated carbocycles. The van der Waals surface area contributed by atoms with Gasteiger partial charge in [0.15, 0.2) is 5.78 Å². The maximum atomic E-state index is 11.2. The van der Waals surface area contributed by atoms with Gasteiger partial charge in [0.2, 0.25) is 0 Å². The van der Waals surface area contributed by atoms with Crippen LogP contribution in [0, 0.1) is 0 Å². The van der Waals surface area contributed by atoms with E-state index in [1.165, 1.54) is 11.8 Å². The normalized spacial score (nSPS) is 28.8. The molecule has 1 unspecified atom stereocenters. The molecule has 0 aromatic carbocycles. The van der Waals surface area contributed by atoms with Gasteiger partial charge in [-0.3, -0.25) is 4.79 Å². The van der Waals surface area contributed by atoms with Gasteiger partial charge in [0, 0.05) is 6.42 Å². The van der Waals surface area contributed by atoms with E-state index in [9.17, 15) is 4.79 Å². The monoisotopic (exact) mass is 168 g/mol. The van der Waals surface area contributed by atoms with E-state index >= 15 is 0 Å².